The average Bonchev–Trinajstić information content (AvgIpc) is 2.18. The van der Waals surface area contributed by atoms with Gasteiger partial charge in [-0.25, -0.2) is 11.1 Å². The predicted molar refractivity (Wildman–Crippen MR) is 40.0 cm³/mol. The van der Waals surface area contributed by atoms with Gasteiger partial charge in [-0.1, -0.05) is 19.8 Å². The second kappa shape index (κ2) is 9.86. The normalized spacial score (nSPS) is 13.2. The third kappa shape index (κ3) is 5.43. The summed E-state index contributed by atoms with van der Waals surface area (Å²) in [6.45, 7) is 4.38. The Morgan fingerprint density at radius 2 is 2.00 bits per heavy atom. The predicted octanol–water partition coefficient (Wildman–Crippen LogP) is -3.13. The van der Waals surface area contributed by atoms with E-state index in [4.69, 9.17) is 0 Å². The van der Waals surface area contributed by atoms with E-state index in [1.54, 1.807) is 0 Å². The zero-order valence-corrected chi connectivity index (χ0v) is 10.5. The summed E-state index contributed by atoms with van der Waals surface area (Å²) in [6, 6.07) is 0. The Hall–Kier alpha value is 0.774. The van der Waals surface area contributed by atoms with Crippen LogP contribution < -0.4 is 24.8 Å². The Labute approximate surface area is 103 Å². The molecule has 0 atom stereocenters. The van der Waals surface area contributed by atoms with Crippen LogP contribution in [0.4, 0.5) is 0 Å². The molecular formula is C9H13Cl2Ti. The van der Waals surface area contributed by atoms with Crippen LogP contribution >= 0.6 is 0 Å². The van der Waals surface area contributed by atoms with E-state index in [-0.39, 0.29) is 46.5 Å². The zero-order chi connectivity index (χ0) is 6.69. The number of hydrogen-bond donors (Lipinski definition) is 0. The van der Waals surface area contributed by atoms with Crippen molar-refractivity contribution in [2.24, 2.45) is 0 Å². The van der Waals surface area contributed by atoms with Gasteiger partial charge in [0.25, 0.3) is 0 Å². The maximum absolute atomic E-state index is 3.33. The summed E-state index contributed by atoms with van der Waals surface area (Å²) in [6.07, 6.45) is 9.07. The molecule has 0 N–H and O–H groups in total. The number of allylic oxidation sites excluding steroid dienone is 4. The van der Waals surface area contributed by atoms with Gasteiger partial charge in [-0.2, -0.15) is 6.08 Å². The van der Waals surface area contributed by atoms with Crippen LogP contribution in [0.3, 0.4) is 0 Å². The third-order valence-electron chi connectivity index (χ3n) is 1.70. The van der Waals surface area contributed by atoms with Crippen molar-refractivity contribution in [2.75, 3.05) is 0 Å². The second-order valence-corrected chi connectivity index (χ2v) is 2.50. The summed E-state index contributed by atoms with van der Waals surface area (Å²) < 4.78 is 0. The standard InChI is InChI=1S/C9H13.2ClH.Ti/c1-3-5-9-7-4-6-8(9)2;;;/h6H,3-5H2,1-2H3;2*1H;/q-1;;;+3/p-2. The molecule has 0 fully saturated rings. The summed E-state index contributed by atoms with van der Waals surface area (Å²) in [4.78, 5) is 0. The van der Waals surface area contributed by atoms with E-state index in [0.29, 0.717) is 0 Å². The molecule has 67 valence electrons. The smallest absolute Gasteiger partial charge is 1.00 e. The van der Waals surface area contributed by atoms with Crippen LogP contribution in [-0.2, 0) is 21.7 Å². The molecule has 0 amide bonds. The quantitative estimate of drug-likeness (QED) is 0.353. The number of halogens is 2. The summed E-state index contributed by atoms with van der Waals surface area (Å²) in [5.74, 6) is 0. The van der Waals surface area contributed by atoms with Gasteiger partial charge in [0.2, 0.25) is 0 Å². The largest absolute Gasteiger partial charge is 3.00 e. The van der Waals surface area contributed by atoms with E-state index >= 15 is 0 Å². The van der Waals surface area contributed by atoms with E-state index in [1.807, 2.05) is 0 Å². The van der Waals surface area contributed by atoms with E-state index in [9.17, 15) is 0 Å². The minimum absolute atomic E-state index is 0. The van der Waals surface area contributed by atoms with Gasteiger partial charge < -0.3 is 24.8 Å². The molecule has 0 aromatic rings. The first kappa shape index (κ1) is 18.5. The Balaban J connectivity index is -0.000000270. The fraction of sp³-hybridized carbons (Fsp3) is 0.556. The van der Waals surface area contributed by atoms with Crippen molar-refractivity contribution >= 4 is 0 Å². The van der Waals surface area contributed by atoms with Gasteiger partial charge in [0, 0.05) is 0 Å². The zero-order valence-electron chi connectivity index (χ0n) is 7.45. The van der Waals surface area contributed by atoms with E-state index in [1.165, 1.54) is 24.0 Å². The maximum Gasteiger partial charge on any atom is 3.00 e. The number of rotatable bonds is 2. The van der Waals surface area contributed by atoms with Crippen LogP contribution in [0.5, 0.6) is 0 Å². The Bertz CT molecular complexity index is 162. The van der Waals surface area contributed by atoms with Crippen molar-refractivity contribution < 1.29 is 46.5 Å². The molecule has 3 heteroatoms. The minimum atomic E-state index is 0. The molecule has 0 saturated carbocycles. The molecule has 0 aromatic carbocycles. The molecule has 0 nitrogen and oxygen atoms in total. The van der Waals surface area contributed by atoms with Crippen molar-refractivity contribution in [3.05, 3.63) is 23.3 Å². The molecule has 0 aliphatic heterocycles. The monoisotopic (exact) mass is 239 g/mol. The molecular weight excluding hydrogens is 227 g/mol. The first-order valence-electron chi connectivity index (χ1n) is 3.61. The Morgan fingerprint density at radius 1 is 1.42 bits per heavy atom. The van der Waals surface area contributed by atoms with Crippen molar-refractivity contribution in [1.82, 2.24) is 0 Å². The van der Waals surface area contributed by atoms with Crippen molar-refractivity contribution in [1.29, 1.82) is 0 Å². The Morgan fingerprint density at radius 3 is 2.33 bits per heavy atom. The molecule has 1 aliphatic rings. The average molecular weight is 240 g/mol. The van der Waals surface area contributed by atoms with E-state index in [2.05, 4.69) is 26.0 Å². The van der Waals surface area contributed by atoms with E-state index < -0.39 is 0 Å². The first-order valence-corrected chi connectivity index (χ1v) is 3.61. The molecule has 0 aromatic heterocycles. The van der Waals surface area contributed by atoms with Crippen LogP contribution in [0.25, 0.3) is 0 Å². The third-order valence-corrected chi connectivity index (χ3v) is 1.70. The molecule has 1 rings (SSSR count). The van der Waals surface area contributed by atoms with Crippen LogP contribution in [0.15, 0.2) is 17.2 Å². The fourth-order valence-corrected chi connectivity index (χ4v) is 1.13. The molecule has 1 radical (unpaired) electrons. The van der Waals surface area contributed by atoms with Gasteiger partial charge in [-0.15, -0.1) is 13.3 Å². The molecule has 0 spiro atoms. The van der Waals surface area contributed by atoms with Gasteiger partial charge >= 0.3 is 21.7 Å². The maximum atomic E-state index is 3.33. The van der Waals surface area contributed by atoms with Crippen LogP contribution in [0.1, 0.15) is 33.1 Å². The van der Waals surface area contributed by atoms with Gasteiger partial charge in [-0.3, -0.25) is 6.08 Å². The van der Waals surface area contributed by atoms with Gasteiger partial charge in [0.1, 0.15) is 0 Å². The van der Waals surface area contributed by atoms with Crippen LogP contribution in [0.2, 0.25) is 0 Å². The number of hydrogen-bond acceptors (Lipinski definition) is 0. The molecule has 0 heterocycles. The van der Waals surface area contributed by atoms with Gasteiger partial charge in [0.15, 0.2) is 0 Å². The van der Waals surface area contributed by atoms with Crippen molar-refractivity contribution in [2.45, 2.75) is 33.1 Å². The SMILES string of the molecule is CCCC1=[C-]CC=C1C.[Cl-].[Cl-].[Ti+3]. The molecule has 0 saturated heterocycles. The Kier molecular flexibility index (Phi) is 15.2. The summed E-state index contributed by atoms with van der Waals surface area (Å²) in [5.41, 5.74) is 2.88. The first-order chi connectivity index (χ1) is 4.34. The summed E-state index contributed by atoms with van der Waals surface area (Å²) >= 11 is 0. The van der Waals surface area contributed by atoms with Crippen LogP contribution in [-0.4, -0.2) is 0 Å². The fourth-order valence-electron chi connectivity index (χ4n) is 1.13. The minimum Gasteiger partial charge on any atom is -1.00 e. The van der Waals surface area contributed by atoms with Gasteiger partial charge in [-0.05, 0) is 0 Å². The topological polar surface area (TPSA) is 0 Å². The van der Waals surface area contributed by atoms with Crippen LogP contribution in [0, 0.1) is 6.08 Å². The van der Waals surface area contributed by atoms with Crippen molar-refractivity contribution in [3.8, 4) is 0 Å². The summed E-state index contributed by atoms with van der Waals surface area (Å²) in [5, 5.41) is 0. The van der Waals surface area contributed by atoms with Gasteiger partial charge in [0.05, 0.1) is 0 Å². The molecule has 12 heavy (non-hydrogen) atoms. The van der Waals surface area contributed by atoms with E-state index in [0.717, 1.165) is 6.42 Å². The molecule has 0 bridgehead atoms. The second-order valence-electron chi connectivity index (χ2n) is 2.50. The molecule has 0 unspecified atom stereocenters. The van der Waals surface area contributed by atoms with Crippen molar-refractivity contribution in [3.63, 3.8) is 0 Å². The molecule has 1 aliphatic carbocycles. The summed E-state index contributed by atoms with van der Waals surface area (Å²) in [7, 11) is 0.